The fourth-order valence-electron chi connectivity index (χ4n) is 7.10. The Kier molecular flexibility index (Phi) is 32.5. The van der Waals surface area contributed by atoms with Gasteiger partial charge < -0.3 is 64.2 Å². The van der Waals surface area contributed by atoms with Crippen LogP contribution in [-0.2, 0) is 38.0 Å². The summed E-state index contributed by atoms with van der Waals surface area (Å²) in [7, 11) is 0. The second-order valence-electron chi connectivity index (χ2n) is 16.6. The van der Waals surface area contributed by atoms with Gasteiger partial charge in [0.05, 0.1) is 19.8 Å². The highest BCUT2D eigenvalue weighted by atomic mass is 16.7. The van der Waals surface area contributed by atoms with Gasteiger partial charge >= 0.3 is 11.9 Å². The van der Waals surface area contributed by atoms with Crippen LogP contribution in [0.3, 0.4) is 0 Å². The summed E-state index contributed by atoms with van der Waals surface area (Å²) in [6.45, 7) is 2.37. The van der Waals surface area contributed by atoms with E-state index in [0.29, 0.717) is 12.8 Å². The van der Waals surface area contributed by atoms with E-state index >= 15 is 0 Å². The molecular weight excluding hydrogens is 829 g/mol. The molecule has 2 aliphatic rings. The van der Waals surface area contributed by atoms with Crippen LogP contribution in [0.4, 0.5) is 0 Å². The maximum atomic E-state index is 13.0. The molecule has 0 aromatic rings. The van der Waals surface area contributed by atoms with Gasteiger partial charge in [-0.2, -0.15) is 0 Å². The van der Waals surface area contributed by atoms with Gasteiger partial charge in [-0.3, -0.25) is 9.59 Å². The zero-order valence-electron chi connectivity index (χ0n) is 38.5. The van der Waals surface area contributed by atoms with Gasteiger partial charge in [0.15, 0.2) is 18.7 Å². The van der Waals surface area contributed by atoms with Gasteiger partial charge in [0, 0.05) is 12.8 Å². The minimum Gasteiger partial charge on any atom is -0.462 e. The van der Waals surface area contributed by atoms with Crippen molar-refractivity contribution in [2.24, 2.45) is 0 Å². The lowest BCUT2D eigenvalue weighted by molar-refractivity contribution is -0.332. The molecule has 0 bridgehead atoms. The molecule has 0 saturated carbocycles. The largest absolute Gasteiger partial charge is 0.462 e. The van der Waals surface area contributed by atoms with Gasteiger partial charge in [-0.25, -0.2) is 0 Å². The predicted octanol–water partition coefficient (Wildman–Crippen LogP) is 5.70. The number of ether oxygens (including phenoxy) is 6. The molecule has 4 unspecified atom stereocenters. The lowest BCUT2D eigenvalue weighted by Crippen LogP contribution is -2.61. The number of carbonyl (C=O) groups is 2. The lowest BCUT2D eigenvalue weighted by atomic mass is 9.98. The van der Waals surface area contributed by atoms with E-state index in [2.05, 4.69) is 38.2 Å². The Morgan fingerprint density at radius 3 is 1.59 bits per heavy atom. The molecule has 0 radical (unpaired) electrons. The van der Waals surface area contributed by atoms with Crippen molar-refractivity contribution in [1.29, 1.82) is 0 Å². The van der Waals surface area contributed by atoms with E-state index < -0.39 is 99.3 Å². The molecule has 2 aliphatic heterocycles. The van der Waals surface area contributed by atoms with Crippen LogP contribution in [0.2, 0.25) is 0 Å². The first-order valence-electron chi connectivity index (χ1n) is 23.9. The Hall–Kier alpha value is -2.80. The van der Waals surface area contributed by atoms with E-state index in [-0.39, 0.29) is 19.4 Å². The summed E-state index contributed by atoms with van der Waals surface area (Å²) in [6.07, 6.45) is 22.5. The molecule has 0 aromatic carbocycles. The van der Waals surface area contributed by atoms with Crippen molar-refractivity contribution in [2.75, 3.05) is 26.4 Å². The number of hydrogen-bond donors (Lipinski definition) is 7. The summed E-state index contributed by atoms with van der Waals surface area (Å²) in [4.78, 5) is 25.7. The second kappa shape index (κ2) is 36.3. The highest BCUT2D eigenvalue weighted by Gasteiger charge is 2.47. The number of aliphatic hydroxyl groups excluding tert-OH is 7. The Labute approximate surface area is 381 Å². The molecule has 2 rings (SSSR count). The number of hydrogen-bond acceptors (Lipinski definition) is 15. The summed E-state index contributed by atoms with van der Waals surface area (Å²) >= 11 is 0. The maximum Gasteiger partial charge on any atom is 0.306 e. The lowest BCUT2D eigenvalue weighted by Gasteiger charge is -2.42. The smallest absolute Gasteiger partial charge is 0.306 e. The van der Waals surface area contributed by atoms with Crippen molar-refractivity contribution < 1.29 is 73.8 Å². The van der Waals surface area contributed by atoms with Crippen molar-refractivity contribution in [1.82, 2.24) is 0 Å². The summed E-state index contributed by atoms with van der Waals surface area (Å²) in [6, 6.07) is 0. The number of unbranched alkanes of at least 4 members (excludes halogenated alkanes) is 14. The van der Waals surface area contributed by atoms with Crippen molar-refractivity contribution >= 4 is 11.9 Å². The van der Waals surface area contributed by atoms with Crippen molar-refractivity contribution in [3.05, 3.63) is 60.8 Å². The summed E-state index contributed by atoms with van der Waals surface area (Å²) < 4.78 is 33.5. The second-order valence-corrected chi connectivity index (χ2v) is 16.6. The summed E-state index contributed by atoms with van der Waals surface area (Å²) in [5, 5.41) is 71.9. The number of aliphatic hydroxyl groups is 7. The van der Waals surface area contributed by atoms with Crippen LogP contribution >= 0.6 is 0 Å². The van der Waals surface area contributed by atoms with Gasteiger partial charge in [0.25, 0.3) is 0 Å². The van der Waals surface area contributed by atoms with Crippen molar-refractivity contribution in [2.45, 2.75) is 210 Å². The molecule has 15 heteroatoms. The number of allylic oxidation sites excluding steroid dienone is 10. The number of carbonyl (C=O) groups excluding carboxylic acids is 2. The van der Waals surface area contributed by atoms with Gasteiger partial charge in [-0.15, -0.1) is 0 Å². The molecule has 64 heavy (non-hydrogen) atoms. The molecule has 368 valence electrons. The van der Waals surface area contributed by atoms with E-state index in [1.54, 1.807) is 0 Å². The average molecular weight is 911 g/mol. The highest BCUT2D eigenvalue weighted by molar-refractivity contribution is 5.70. The van der Waals surface area contributed by atoms with E-state index in [1.165, 1.54) is 25.7 Å². The Morgan fingerprint density at radius 1 is 0.516 bits per heavy atom. The zero-order chi connectivity index (χ0) is 46.8. The third-order valence-corrected chi connectivity index (χ3v) is 11.1. The zero-order valence-corrected chi connectivity index (χ0v) is 38.5. The molecule has 2 saturated heterocycles. The first-order chi connectivity index (χ1) is 31.0. The monoisotopic (exact) mass is 911 g/mol. The van der Waals surface area contributed by atoms with Crippen LogP contribution in [0.1, 0.15) is 142 Å². The molecule has 2 fully saturated rings. The number of esters is 2. The van der Waals surface area contributed by atoms with E-state index in [1.807, 2.05) is 36.5 Å². The van der Waals surface area contributed by atoms with Gasteiger partial charge in [0.2, 0.25) is 0 Å². The topological polar surface area (TPSA) is 231 Å². The quantitative estimate of drug-likeness (QED) is 0.0175. The molecule has 2 heterocycles. The summed E-state index contributed by atoms with van der Waals surface area (Å²) in [5.74, 6) is -0.969. The first kappa shape index (κ1) is 57.3. The molecule has 7 N–H and O–H groups in total. The molecule has 0 amide bonds. The van der Waals surface area contributed by atoms with Crippen molar-refractivity contribution in [3.8, 4) is 0 Å². The highest BCUT2D eigenvalue weighted by Crippen LogP contribution is 2.26. The first-order valence-corrected chi connectivity index (χ1v) is 23.9. The normalized spacial score (nSPS) is 27.1. The van der Waals surface area contributed by atoms with Gasteiger partial charge in [0.1, 0.15) is 55.4 Å². The van der Waals surface area contributed by atoms with Gasteiger partial charge in [-0.05, 0) is 57.8 Å². The fraction of sp³-hybridized carbons (Fsp3) is 0.755. The predicted molar refractivity (Wildman–Crippen MR) is 243 cm³/mol. The third kappa shape index (κ3) is 24.6. The maximum absolute atomic E-state index is 13.0. The number of rotatable bonds is 35. The standard InChI is InChI=1S/C49H82O15/c1-3-5-7-9-11-13-15-17-18-20-22-24-26-28-30-32-41(52)62-37(34-59-40(51)31-29-27-25-23-21-19-16-14-12-10-8-6-4-2)35-60-48-47(58)45(56)43(54)39(64-48)36-61-49-46(57)44(55)42(53)38(33-50)63-49/h5,7,9,11,13-18,37-39,42-50,53-58H,3-4,6,8,10,12,19-36H2,1-2H3/b7-5+,11-9+,15-13+,16-14+,18-17+/t37-,38-,39-,42+,43+,44?,45?,46?,47?,48-,49-/m1/s1. The van der Waals surface area contributed by atoms with Crippen LogP contribution < -0.4 is 0 Å². The Bertz CT molecular complexity index is 1350. The Morgan fingerprint density at radius 2 is 1.00 bits per heavy atom. The summed E-state index contributed by atoms with van der Waals surface area (Å²) in [5.41, 5.74) is 0. The third-order valence-electron chi connectivity index (χ3n) is 11.1. The average Bonchev–Trinajstić information content (AvgIpc) is 3.29. The molecule has 0 aliphatic carbocycles. The minimum absolute atomic E-state index is 0.135. The molecule has 0 spiro atoms. The van der Waals surface area contributed by atoms with E-state index in [9.17, 15) is 45.3 Å². The van der Waals surface area contributed by atoms with Crippen LogP contribution in [-0.4, -0.2) is 142 Å². The van der Waals surface area contributed by atoms with Crippen LogP contribution in [0, 0.1) is 0 Å². The molecule has 15 nitrogen and oxygen atoms in total. The van der Waals surface area contributed by atoms with Crippen LogP contribution in [0.5, 0.6) is 0 Å². The van der Waals surface area contributed by atoms with Crippen LogP contribution in [0.15, 0.2) is 60.8 Å². The van der Waals surface area contributed by atoms with Crippen molar-refractivity contribution in [3.63, 3.8) is 0 Å². The van der Waals surface area contributed by atoms with Gasteiger partial charge in [-0.1, -0.05) is 132 Å². The fourth-order valence-corrected chi connectivity index (χ4v) is 7.10. The SMILES string of the molecule is CC/C=C/C=C/C=C/C=C/CCCCCCCC(=O)O[C@H](COC(=O)CCCCCCC/C=C/CCCCCC)CO[C@@H]1O[C@H](CO[C@@H]2O[C@H](CO)[C@H](O)C(O)C2O)[C@H](O)C(O)C1O. The van der Waals surface area contributed by atoms with E-state index in [4.69, 9.17) is 28.4 Å². The molecular formula is C49H82O15. The minimum atomic E-state index is -1.77. The van der Waals surface area contributed by atoms with E-state index in [0.717, 1.165) is 77.0 Å². The molecule has 0 aromatic heterocycles. The van der Waals surface area contributed by atoms with Crippen LogP contribution in [0.25, 0.3) is 0 Å². The Balaban J connectivity index is 1.86. The molecule has 11 atom stereocenters.